The van der Waals surface area contributed by atoms with Crippen LogP contribution in [0.15, 0.2) is 48.5 Å². The minimum absolute atomic E-state index is 0.234. The second-order valence-electron chi connectivity index (χ2n) is 7.16. The van der Waals surface area contributed by atoms with Gasteiger partial charge in [-0.25, -0.2) is 0 Å². The molecule has 0 aliphatic carbocycles. The second kappa shape index (κ2) is 8.44. The lowest BCUT2D eigenvalue weighted by atomic mass is 10.1. The van der Waals surface area contributed by atoms with Crippen molar-refractivity contribution >= 4 is 0 Å². The van der Waals surface area contributed by atoms with E-state index in [2.05, 4.69) is 43.9 Å². The Balaban J connectivity index is 1.41. The van der Waals surface area contributed by atoms with Crippen molar-refractivity contribution in [3.63, 3.8) is 0 Å². The van der Waals surface area contributed by atoms with Crippen molar-refractivity contribution in [2.45, 2.75) is 32.4 Å². The van der Waals surface area contributed by atoms with E-state index in [1.54, 1.807) is 13.2 Å². The molecule has 6 nitrogen and oxygen atoms in total. The lowest BCUT2D eigenvalue weighted by molar-refractivity contribution is 0.264. The number of hydrogen-bond donors (Lipinski definition) is 1. The van der Waals surface area contributed by atoms with E-state index >= 15 is 0 Å². The van der Waals surface area contributed by atoms with Gasteiger partial charge >= 0.3 is 0 Å². The minimum Gasteiger partial charge on any atom is -0.504 e. The fourth-order valence-corrected chi connectivity index (χ4v) is 3.77. The van der Waals surface area contributed by atoms with Crippen molar-refractivity contribution in [2.24, 2.45) is 0 Å². The predicted octanol–water partition coefficient (Wildman–Crippen LogP) is 2.84. The number of benzene rings is 2. The summed E-state index contributed by atoms with van der Waals surface area (Å²) in [6.07, 6.45) is 2.73. The molecule has 1 aliphatic heterocycles. The van der Waals surface area contributed by atoms with Crippen LogP contribution in [0.4, 0.5) is 0 Å². The molecule has 2 aromatic carbocycles. The molecule has 0 bridgehead atoms. The number of phenols is 1. The third-order valence-corrected chi connectivity index (χ3v) is 5.37. The number of aryl methyl sites for hydroxylation is 2. The first-order valence-corrected chi connectivity index (χ1v) is 9.76. The molecule has 3 aromatic rings. The molecule has 1 aliphatic rings. The van der Waals surface area contributed by atoms with Crippen LogP contribution in [0.1, 0.15) is 22.8 Å². The maximum absolute atomic E-state index is 10.4. The quantitative estimate of drug-likeness (QED) is 0.715. The summed E-state index contributed by atoms with van der Waals surface area (Å²) in [4.78, 5) is 2.35. The van der Waals surface area contributed by atoms with Gasteiger partial charge < -0.3 is 14.4 Å². The van der Waals surface area contributed by atoms with Gasteiger partial charge in [-0.3, -0.25) is 4.90 Å². The second-order valence-corrected chi connectivity index (χ2v) is 7.16. The monoisotopic (exact) mass is 378 g/mol. The molecular formula is C22H26N4O2. The van der Waals surface area contributed by atoms with Gasteiger partial charge in [-0.1, -0.05) is 42.5 Å². The number of hydrogen-bond acceptors (Lipinski definition) is 5. The van der Waals surface area contributed by atoms with Gasteiger partial charge in [-0.05, 0) is 18.1 Å². The van der Waals surface area contributed by atoms with Crippen molar-refractivity contribution in [2.75, 3.05) is 20.2 Å². The van der Waals surface area contributed by atoms with Crippen LogP contribution in [0, 0.1) is 0 Å². The molecule has 2 heterocycles. The van der Waals surface area contributed by atoms with Gasteiger partial charge in [0.05, 0.1) is 7.11 Å². The Morgan fingerprint density at radius 1 is 0.964 bits per heavy atom. The maximum Gasteiger partial charge on any atom is 0.162 e. The number of ether oxygens (including phenoxy) is 1. The maximum atomic E-state index is 10.4. The number of methoxy groups -OCH3 is 1. The fourth-order valence-electron chi connectivity index (χ4n) is 3.77. The molecule has 0 amide bonds. The lowest BCUT2D eigenvalue weighted by Crippen LogP contribution is -2.26. The number of aromatic hydroxyl groups is 1. The van der Waals surface area contributed by atoms with Gasteiger partial charge in [0, 0.05) is 44.6 Å². The lowest BCUT2D eigenvalue weighted by Gasteiger charge is -2.20. The van der Waals surface area contributed by atoms with E-state index in [0.29, 0.717) is 12.3 Å². The molecule has 146 valence electrons. The molecule has 0 atom stereocenters. The van der Waals surface area contributed by atoms with Crippen LogP contribution >= 0.6 is 0 Å². The van der Waals surface area contributed by atoms with Crippen molar-refractivity contribution < 1.29 is 9.84 Å². The highest BCUT2D eigenvalue weighted by atomic mass is 16.5. The Kier molecular flexibility index (Phi) is 5.58. The van der Waals surface area contributed by atoms with E-state index in [1.165, 1.54) is 5.56 Å². The zero-order chi connectivity index (χ0) is 19.3. The summed E-state index contributed by atoms with van der Waals surface area (Å²) in [5, 5.41) is 19.2. The van der Waals surface area contributed by atoms with Gasteiger partial charge in [0.1, 0.15) is 11.6 Å². The number of para-hydroxylation sites is 1. The van der Waals surface area contributed by atoms with E-state index in [0.717, 1.165) is 56.1 Å². The predicted molar refractivity (Wildman–Crippen MR) is 108 cm³/mol. The number of aromatic nitrogens is 3. The van der Waals surface area contributed by atoms with Crippen LogP contribution in [-0.4, -0.2) is 45.0 Å². The molecule has 0 saturated carbocycles. The average Bonchev–Trinajstić information content (AvgIpc) is 3.01. The summed E-state index contributed by atoms with van der Waals surface area (Å²) < 4.78 is 7.50. The highest BCUT2D eigenvalue weighted by molar-refractivity contribution is 5.45. The van der Waals surface area contributed by atoms with Crippen molar-refractivity contribution in [3.05, 3.63) is 71.3 Å². The van der Waals surface area contributed by atoms with E-state index in [4.69, 9.17) is 4.74 Å². The van der Waals surface area contributed by atoms with Crippen LogP contribution in [0.25, 0.3) is 0 Å². The van der Waals surface area contributed by atoms with E-state index < -0.39 is 0 Å². The summed E-state index contributed by atoms with van der Waals surface area (Å²) in [7, 11) is 1.58. The fraction of sp³-hybridized carbons (Fsp3) is 0.364. The highest BCUT2D eigenvalue weighted by Gasteiger charge is 2.20. The minimum atomic E-state index is 0.234. The number of rotatable bonds is 6. The number of nitrogens with zero attached hydrogens (tertiary/aromatic N) is 4. The number of phenolic OH excluding ortho intramolecular Hbond substituents is 1. The molecule has 0 fully saturated rings. The Hall–Kier alpha value is -2.86. The van der Waals surface area contributed by atoms with E-state index in [1.807, 2.05) is 18.2 Å². The molecule has 1 N–H and O–H groups in total. The average molecular weight is 378 g/mol. The third-order valence-electron chi connectivity index (χ3n) is 5.37. The molecule has 4 rings (SSSR count). The Bertz CT molecular complexity index is 924. The standard InChI is InChI=1S/C22H26N4O2/c1-28-19-9-5-8-18(22(19)27)16-25-13-12-21-24-23-20(26(21)15-14-25)11-10-17-6-3-2-4-7-17/h2-9,27H,10-16H2,1H3. The largest absolute Gasteiger partial charge is 0.504 e. The summed E-state index contributed by atoms with van der Waals surface area (Å²) in [6, 6.07) is 16.2. The smallest absolute Gasteiger partial charge is 0.162 e. The van der Waals surface area contributed by atoms with Crippen LogP contribution < -0.4 is 4.74 Å². The Labute approximate surface area is 165 Å². The number of fused-ring (bicyclic) bond motifs is 1. The zero-order valence-corrected chi connectivity index (χ0v) is 16.2. The Morgan fingerprint density at radius 3 is 2.64 bits per heavy atom. The molecule has 0 radical (unpaired) electrons. The zero-order valence-electron chi connectivity index (χ0n) is 16.2. The molecule has 28 heavy (non-hydrogen) atoms. The first kappa shape index (κ1) is 18.5. The molecule has 0 spiro atoms. The van der Waals surface area contributed by atoms with Crippen LogP contribution in [-0.2, 0) is 32.4 Å². The first-order chi connectivity index (χ1) is 13.7. The normalized spacial score (nSPS) is 14.5. The SMILES string of the molecule is COc1cccc(CN2CCc3nnc(CCc4ccccc4)n3CC2)c1O. The topological polar surface area (TPSA) is 63.4 Å². The van der Waals surface area contributed by atoms with E-state index in [-0.39, 0.29) is 5.75 Å². The highest BCUT2D eigenvalue weighted by Crippen LogP contribution is 2.30. The van der Waals surface area contributed by atoms with Crippen LogP contribution in [0.2, 0.25) is 0 Å². The van der Waals surface area contributed by atoms with Crippen LogP contribution in [0.3, 0.4) is 0 Å². The summed E-state index contributed by atoms with van der Waals surface area (Å²) >= 11 is 0. The molecule has 6 heteroatoms. The summed E-state index contributed by atoms with van der Waals surface area (Å²) in [6.45, 7) is 3.37. The third kappa shape index (κ3) is 4.02. The summed E-state index contributed by atoms with van der Waals surface area (Å²) in [5.41, 5.74) is 2.21. The van der Waals surface area contributed by atoms with Gasteiger partial charge in [-0.2, -0.15) is 0 Å². The van der Waals surface area contributed by atoms with Crippen molar-refractivity contribution in [1.82, 2.24) is 19.7 Å². The van der Waals surface area contributed by atoms with Crippen molar-refractivity contribution in [3.8, 4) is 11.5 Å². The molecule has 0 unspecified atom stereocenters. The van der Waals surface area contributed by atoms with Gasteiger partial charge in [0.15, 0.2) is 11.5 Å². The van der Waals surface area contributed by atoms with Gasteiger partial charge in [0.25, 0.3) is 0 Å². The first-order valence-electron chi connectivity index (χ1n) is 9.76. The van der Waals surface area contributed by atoms with Crippen LogP contribution in [0.5, 0.6) is 11.5 Å². The Morgan fingerprint density at radius 2 is 1.82 bits per heavy atom. The van der Waals surface area contributed by atoms with E-state index in [9.17, 15) is 5.11 Å². The summed E-state index contributed by atoms with van der Waals surface area (Å²) in [5.74, 6) is 2.87. The van der Waals surface area contributed by atoms with Crippen molar-refractivity contribution in [1.29, 1.82) is 0 Å². The van der Waals surface area contributed by atoms with Gasteiger partial charge in [0.2, 0.25) is 0 Å². The molecular weight excluding hydrogens is 352 g/mol. The molecule has 1 aromatic heterocycles. The molecule has 0 saturated heterocycles. The van der Waals surface area contributed by atoms with Gasteiger partial charge in [-0.15, -0.1) is 10.2 Å².